The number of aryl methyl sites for hydroxylation is 2. The number of methoxy groups -OCH3 is 1. The number of fused-ring (bicyclic) bond motifs is 1. The van der Waals surface area contributed by atoms with Crippen molar-refractivity contribution in [2.45, 2.75) is 29.6 Å². The summed E-state index contributed by atoms with van der Waals surface area (Å²) >= 11 is 0. The summed E-state index contributed by atoms with van der Waals surface area (Å²) in [6.45, 7) is 1.83. The van der Waals surface area contributed by atoms with E-state index in [2.05, 4.69) is 15.2 Å². The highest BCUT2D eigenvalue weighted by Gasteiger charge is 2.22. The van der Waals surface area contributed by atoms with Gasteiger partial charge in [-0.2, -0.15) is 5.10 Å². The van der Waals surface area contributed by atoms with E-state index in [-0.39, 0.29) is 15.6 Å². The van der Waals surface area contributed by atoms with E-state index in [4.69, 9.17) is 4.74 Å². The van der Waals surface area contributed by atoms with Crippen LogP contribution in [-0.4, -0.2) is 36.5 Å². The maximum absolute atomic E-state index is 13.1. The summed E-state index contributed by atoms with van der Waals surface area (Å²) in [4.78, 5) is 17.0. The van der Waals surface area contributed by atoms with Crippen LogP contribution in [0.4, 0.5) is 0 Å². The van der Waals surface area contributed by atoms with E-state index in [0.29, 0.717) is 29.8 Å². The number of rotatable bonds is 7. The number of ether oxygens (including phenoxy) is 1. The zero-order chi connectivity index (χ0) is 22.0. The molecule has 2 aromatic carbocycles. The summed E-state index contributed by atoms with van der Waals surface area (Å²) in [5.41, 5.74) is 2.87. The van der Waals surface area contributed by atoms with Crippen molar-refractivity contribution >= 4 is 26.7 Å². The second-order valence-corrected chi connectivity index (χ2v) is 9.17. The van der Waals surface area contributed by atoms with Crippen molar-refractivity contribution in [1.29, 1.82) is 0 Å². The predicted octanol–water partition coefficient (Wildman–Crippen LogP) is 3.92. The summed E-state index contributed by atoms with van der Waals surface area (Å²) in [7, 11) is -2.27. The third-order valence-electron chi connectivity index (χ3n) is 5.10. The van der Waals surface area contributed by atoms with Gasteiger partial charge in [0, 0.05) is 23.6 Å². The molecule has 2 heterocycles. The number of H-pyrrole nitrogens is 1. The van der Waals surface area contributed by atoms with Crippen LogP contribution in [-0.2, 0) is 16.3 Å². The molecule has 7 nitrogen and oxygen atoms in total. The quantitative estimate of drug-likeness (QED) is 0.442. The lowest BCUT2D eigenvalue weighted by atomic mass is 10.0. The van der Waals surface area contributed by atoms with E-state index < -0.39 is 9.84 Å². The average molecular weight is 436 g/mol. The molecule has 4 rings (SSSR count). The normalized spacial score (nSPS) is 11.5. The molecule has 0 aliphatic heterocycles. The van der Waals surface area contributed by atoms with Crippen LogP contribution >= 0.6 is 0 Å². The van der Waals surface area contributed by atoms with Crippen molar-refractivity contribution in [3.05, 3.63) is 77.6 Å². The third kappa shape index (κ3) is 4.20. The van der Waals surface area contributed by atoms with E-state index in [9.17, 15) is 13.2 Å². The minimum Gasteiger partial charge on any atom is -0.495 e. The minimum atomic E-state index is -3.72. The highest BCUT2D eigenvalue weighted by Crippen LogP contribution is 2.30. The van der Waals surface area contributed by atoms with E-state index in [1.54, 1.807) is 54.7 Å². The van der Waals surface area contributed by atoms with E-state index in [0.717, 1.165) is 16.5 Å². The molecule has 0 aliphatic rings. The summed E-state index contributed by atoms with van der Waals surface area (Å²) in [5, 5.41) is 7.44. The Morgan fingerprint density at radius 2 is 1.84 bits per heavy atom. The molecule has 0 saturated carbocycles. The summed E-state index contributed by atoms with van der Waals surface area (Å²) in [6, 6.07) is 13.4. The Balaban J connectivity index is 1.49. The van der Waals surface area contributed by atoms with Gasteiger partial charge in [-0.25, -0.2) is 13.4 Å². The van der Waals surface area contributed by atoms with Gasteiger partial charge >= 0.3 is 0 Å². The molecule has 0 radical (unpaired) electrons. The minimum absolute atomic E-state index is 0.0307. The largest absolute Gasteiger partial charge is 0.495 e. The SMILES string of the molecule is COc1ccc(C)cc1S(=O)(=O)c1ccc(CCC(=O)c2cnc3[nH]ncc3c2)cc1. The molecule has 0 bridgehead atoms. The van der Waals surface area contributed by atoms with Crippen molar-refractivity contribution in [1.82, 2.24) is 15.2 Å². The number of hydrogen-bond acceptors (Lipinski definition) is 6. The van der Waals surface area contributed by atoms with Crippen LogP contribution in [0.2, 0.25) is 0 Å². The molecular weight excluding hydrogens is 414 g/mol. The Bertz CT molecular complexity index is 1360. The van der Waals surface area contributed by atoms with Gasteiger partial charge in [-0.3, -0.25) is 9.89 Å². The van der Waals surface area contributed by atoms with Crippen LogP contribution in [0.3, 0.4) is 0 Å². The van der Waals surface area contributed by atoms with Crippen molar-refractivity contribution in [3.8, 4) is 5.75 Å². The molecular formula is C23H21N3O4S. The van der Waals surface area contributed by atoms with Crippen LogP contribution in [0.15, 0.2) is 70.7 Å². The molecule has 0 aliphatic carbocycles. The Hall–Kier alpha value is -3.52. The molecule has 31 heavy (non-hydrogen) atoms. The lowest BCUT2D eigenvalue weighted by molar-refractivity contribution is 0.0982. The zero-order valence-corrected chi connectivity index (χ0v) is 17.9. The smallest absolute Gasteiger partial charge is 0.210 e. The summed E-state index contributed by atoms with van der Waals surface area (Å²) in [5.74, 6) is 0.278. The molecule has 0 saturated heterocycles. The number of carbonyl (C=O) groups is 1. The first kappa shape index (κ1) is 20.7. The second-order valence-electron chi connectivity index (χ2n) is 7.26. The van der Waals surface area contributed by atoms with E-state index in [1.165, 1.54) is 13.3 Å². The van der Waals surface area contributed by atoms with Gasteiger partial charge in [0.25, 0.3) is 0 Å². The van der Waals surface area contributed by atoms with Gasteiger partial charge in [0.1, 0.15) is 10.6 Å². The van der Waals surface area contributed by atoms with E-state index >= 15 is 0 Å². The van der Waals surface area contributed by atoms with Crippen LogP contribution < -0.4 is 4.74 Å². The maximum Gasteiger partial charge on any atom is 0.210 e. The number of nitrogens with one attached hydrogen (secondary N) is 1. The van der Waals surface area contributed by atoms with Crippen molar-refractivity contribution in [3.63, 3.8) is 0 Å². The number of aromatic nitrogens is 3. The second kappa shape index (κ2) is 8.31. The molecule has 0 atom stereocenters. The van der Waals surface area contributed by atoms with Gasteiger partial charge in [0.05, 0.1) is 18.2 Å². The van der Waals surface area contributed by atoms with Crippen molar-refractivity contribution in [2.24, 2.45) is 0 Å². The first-order valence-electron chi connectivity index (χ1n) is 9.69. The predicted molar refractivity (Wildman–Crippen MR) is 116 cm³/mol. The molecule has 0 amide bonds. The van der Waals surface area contributed by atoms with Gasteiger partial charge in [-0.05, 0) is 54.8 Å². The molecule has 0 spiro atoms. The standard InChI is InChI=1S/C23H21N3O4S/c1-15-3-10-21(30-2)22(11-15)31(28,29)19-7-4-16(5-8-19)6-9-20(27)17-12-18-14-25-26-23(18)24-13-17/h3-5,7-8,10-14H,6,9H2,1-2H3,(H,24,25,26). The first-order valence-corrected chi connectivity index (χ1v) is 11.2. The molecule has 1 N–H and O–H groups in total. The van der Waals surface area contributed by atoms with Crippen LogP contribution in [0.25, 0.3) is 11.0 Å². The lowest BCUT2D eigenvalue weighted by Gasteiger charge is -2.11. The number of carbonyl (C=O) groups excluding carboxylic acids is 1. The Kier molecular flexibility index (Phi) is 5.56. The summed E-state index contributed by atoms with van der Waals surface area (Å²) < 4.78 is 31.4. The molecule has 8 heteroatoms. The topological polar surface area (TPSA) is 102 Å². The number of aromatic amines is 1. The molecule has 0 fully saturated rings. The van der Waals surface area contributed by atoms with Crippen LogP contribution in [0, 0.1) is 6.92 Å². The van der Waals surface area contributed by atoms with Gasteiger partial charge in [-0.15, -0.1) is 0 Å². The van der Waals surface area contributed by atoms with Crippen molar-refractivity contribution in [2.75, 3.05) is 7.11 Å². The van der Waals surface area contributed by atoms with E-state index in [1.807, 2.05) is 6.92 Å². The monoisotopic (exact) mass is 435 g/mol. The molecule has 0 unspecified atom stereocenters. The Morgan fingerprint density at radius 1 is 1.06 bits per heavy atom. The molecule has 4 aromatic rings. The fraction of sp³-hybridized carbons (Fsp3) is 0.174. The van der Waals surface area contributed by atoms with Gasteiger partial charge in [0.15, 0.2) is 11.4 Å². The molecule has 158 valence electrons. The third-order valence-corrected chi connectivity index (χ3v) is 6.89. The van der Waals surface area contributed by atoms with Crippen LogP contribution in [0.1, 0.15) is 27.9 Å². The van der Waals surface area contributed by atoms with Crippen LogP contribution in [0.5, 0.6) is 5.75 Å². The number of pyridine rings is 1. The summed E-state index contributed by atoms with van der Waals surface area (Å²) in [6.07, 6.45) is 3.95. The number of nitrogens with zero attached hydrogens (tertiary/aromatic N) is 2. The first-order chi connectivity index (χ1) is 14.9. The average Bonchev–Trinajstić information content (AvgIpc) is 3.25. The van der Waals surface area contributed by atoms with Gasteiger partial charge in [-0.1, -0.05) is 18.2 Å². The number of benzene rings is 2. The maximum atomic E-state index is 13.1. The highest BCUT2D eigenvalue weighted by molar-refractivity contribution is 7.91. The van der Waals surface area contributed by atoms with Gasteiger partial charge < -0.3 is 4.74 Å². The van der Waals surface area contributed by atoms with Gasteiger partial charge in [0.2, 0.25) is 9.84 Å². The lowest BCUT2D eigenvalue weighted by Crippen LogP contribution is -2.05. The number of ketones is 1. The molecule has 2 aromatic heterocycles. The number of sulfone groups is 1. The fourth-order valence-corrected chi connectivity index (χ4v) is 4.85. The fourth-order valence-electron chi connectivity index (χ4n) is 3.35. The van der Waals surface area contributed by atoms with Crippen molar-refractivity contribution < 1.29 is 17.9 Å². The Labute approximate surface area is 180 Å². The number of hydrogen-bond donors (Lipinski definition) is 1. The number of Topliss-reactive ketones (excluding diaryl/α,β-unsaturated/α-hetero) is 1. The Morgan fingerprint density at radius 3 is 2.58 bits per heavy atom. The zero-order valence-electron chi connectivity index (χ0n) is 17.1. The highest BCUT2D eigenvalue weighted by atomic mass is 32.2.